The van der Waals surface area contributed by atoms with E-state index in [9.17, 15) is 14.0 Å². The summed E-state index contributed by atoms with van der Waals surface area (Å²) in [6.45, 7) is 3.57. The predicted octanol–water partition coefficient (Wildman–Crippen LogP) is 2.84. The van der Waals surface area contributed by atoms with Crippen molar-refractivity contribution in [3.8, 4) is 0 Å². The number of nitrogens with zero attached hydrogens (tertiary/aromatic N) is 1. The molecule has 0 radical (unpaired) electrons. The molecule has 0 spiro atoms. The Hall–Kier alpha value is -2.73. The monoisotopic (exact) mass is 383 g/mol. The van der Waals surface area contributed by atoms with Crippen LogP contribution < -0.4 is 10.6 Å². The Morgan fingerprint density at radius 2 is 1.64 bits per heavy atom. The van der Waals surface area contributed by atoms with Gasteiger partial charge in [0.25, 0.3) is 0 Å². The molecule has 0 aromatic heterocycles. The Labute approximate surface area is 164 Å². The number of halogens is 1. The van der Waals surface area contributed by atoms with Crippen LogP contribution in [0, 0.1) is 11.7 Å². The third-order valence-corrected chi connectivity index (χ3v) is 5.13. The van der Waals surface area contributed by atoms with Crippen molar-refractivity contribution in [3.63, 3.8) is 0 Å². The number of hydrogen-bond donors (Lipinski definition) is 2. The van der Waals surface area contributed by atoms with Crippen LogP contribution in [-0.2, 0) is 16.0 Å². The molecule has 1 heterocycles. The van der Waals surface area contributed by atoms with Crippen LogP contribution in [0.15, 0.2) is 54.6 Å². The number of rotatable bonds is 6. The molecule has 2 aromatic carbocycles. The molecule has 0 aliphatic carbocycles. The minimum absolute atomic E-state index is 0.385. The summed E-state index contributed by atoms with van der Waals surface area (Å²) in [6, 6.07) is 15.8. The van der Waals surface area contributed by atoms with Crippen LogP contribution >= 0.6 is 0 Å². The molecule has 6 heteroatoms. The van der Waals surface area contributed by atoms with Gasteiger partial charge in [0.1, 0.15) is 5.82 Å². The molecule has 0 saturated carbocycles. The SMILES string of the molecule is O=C(NCC1CCN(CCc2ccccc2)CC1)C(=O)Nc1ccc(F)cc1. The molecule has 1 aliphatic heterocycles. The molecule has 5 nitrogen and oxygen atoms in total. The molecular formula is C22H26FN3O2. The second-order valence-corrected chi connectivity index (χ2v) is 7.19. The van der Waals surface area contributed by atoms with Crippen molar-refractivity contribution in [3.05, 3.63) is 66.0 Å². The number of nitrogens with one attached hydrogen (secondary N) is 2. The van der Waals surface area contributed by atoms with Crippen molar-refractivity contribution >= 4 is 17.5 Å². The smallest absolute Gasteiger partial charge is 0.313 e. The minimum atomic E-state index is -0.730. The Bertz CT molecular complexity index is 772. The second-order valence-electron chi connectivity index (χ2n) is 7.19. The molecule has 0 bridgehead atoms. The summed E-state index contributed by atoms with van der Waals surface area (Å²) in [5, 5.41) is 5.18. The summed E-state index contributed by atoms with van der Waals surface area (Å²) in [4.78, 5) is 26.3. The molecule has 28 heavy (non-hydrogen) atoms. The summed E-state index contributed by atoms with van der Waals surface area (Å²) in [5.74, 6) is -1.39. The van der Waals surface area contributed by atoms with E-state index in [-0.39, 0.29) is 0 Å². The minimum Gasteiger partial charge on any atom is -0.348 e. The molecule has 148 valence electrons. The van der Waals surface area contributed by atoms with Gasteiger partial charge in [-0.1, -0.05) is 30.3 Å². The normalized spacial score (nSPS) is 15.2. The van der Waals surface area contributed by atoms with Crippen LogP contribution in [0.2, 0.25) is 0 Å². The Morgan fingerprint density at radius 1 is 0.964 bits per heavy atom. The number of amides is 2. The van der Waals surface area contributed by atoms with E-state index in [0.29, 0.717) is 18.2 Å². The van der Waals surface area contributed by atoms with Gasteiger partial charge in [-0.15, -0.1) is 0 Å². The van der Waals surface area contributed by atoms with Gasteiger partial charge in [-0.3, -0.25) is 9.59 Å². The average molecular weight is 383 g/mol. The quantitative estimate of drug-likeness (QED) is 0.754. The van der Waals surface area contributed by atoms with Crippen molar-refractivity contribution in [2.45, 2.75) is 19.3 Å². The largest absolute Gasteiger partial charge is 0.348 e. The molecule has 2 N–H and O–H groups in total. The van der Waals surface area contributed by atoms with Crippen LogP contribution in [-0.4, -0.2) is 42.9 Å². The summed E-state index contributed by atoms with van der Waals surface area (Å²) in [6.07, 6.45) is 3.06. The highest BCUT2D eigenvalue weighted by Gasteiger charge is 2.21. The number of piperidine rings is 1. The fourth-order valence-electron chi connectivity index (χ4n) is 3.38. The molecule has 1 saturated heterocycles. The number of carbonyl (C=O) groups is 2. The number of benzene rings is 2. The summed E-state index contributed by atoms with van der Waals surface area (Å²) < 4.78 is 12.9. The fourth-order valence-corrected chi connectivity index (χ4v) is 3.38. The molecule has 3 rings (SSSR count). The Balaban J connectivity index is 1.33. The maximum Gasteiger partial charge on any atom is 0.313 e. The standard InChI is InChI=1S/C22H26FN3O2/c23-19-6-8-20(9-7-19)25-22(28)21(27)24-16-18-11-14-26(15-12-18)13-10-17-4-2-1-3-5-17/h1-9,18H,10-16H2,(H,24,27)(H,25,28). The van der Waals surface area contributed by atoms with Gasteiger partial charge in [-0.05, 0) is 68.1 Å². The zero-order valence-corrected chi connectivity index (χ0v) is 15.9. The lowest BCUT2D eigenvalue weighted by molar-refractivity contribution is -0.136. The highest BCUT2D eigenvalue weighted by atomic mass is 19.1. The number of carbonyl (C=O) groups excluding carboxylic acids is 2. The Morgan fingerprint density at radius 3 is 2.32 bits per heavy atom. The van der Waals surface area contributed by atoms with Crippen molar-refractivity contribution in [2.75, 3.05) is 31.5 Å². The highest BCUT2D eigenvalue weighted by Crippen LogP contribution is 2.17. The third kappa shape index (κ3) is 6.16. The highest BCUT2D eigenvalue weighted by molar-refractivity contribution is 6.39. The van der Waals surface area contributed by atoms with Crippen molar-refractivity contribution < 1.29 is 14.0 Å². The van der Waals surface area contributed by atoms with Crippen molar-refractivity contribution in [1.29, 1.82) is 0 Å². The van der Waals surface area contributed by atoms with E-state index in [2.05, 4.69) is 39.8 Å². The molecule has 2 aromatic rings. The lowest BCUT2D eigenvalue weighted by Gasteiger charge is -2.32. The van der Waals surface area contributed by atoms with Crippen molar-refractivity contribution in [1.82, 2.24) is 10.2 Å². The van der Waals surface area contributed by atoms with Crippen LogP contribution in [0.25, 0.3) is 0 Å². The molecule has 2 amide bonds. The van der Waals surface area contributed by atoms with Gasteiger partial charge in [0, 0.05) is 18.8 Å². The Kier molecular flexibility index (Phi) is 7.14. The van der Waals surface area contributed by atoms with E-state index in [1.807, 2.05) is 6.07 Å². The molecule has 1 aliphatic rings. The summed E-state index contributed by atoms with van der Waals surface area (Å²) in [7, 11) is 0. The molecule has 0 atom stereocenters. The summed E-state index contributed by atoms with van der Waals surface area (Å²) >= 11 is 0. The van der Waals surface area contributed by atoms with E-state index in [0.717, 1.165) is 38.9 Å². The van der Waals surface area contributed by atoms with E-state index in [1.54, 1.807) is 0 Å². The van der Waals surface area contributed by atoms with Crippen molar-refractivity contribution in [2.24, 2.45) is 5.92 Å². The van der Waals surface area contributed by atoms with Gasteiger partial charge in [-0.2, -0.15) is 0 Å². The first-order valence-electron chi connectivity index (χ1n) is 9.71. The maximum absolute atomic E-state index is 12.9. The average Bonchev–Trinajstić information content (AvgIpc) is 2.73. The topological polar surface area (TPSA) is 61.4 Å². The van der Waals surface area contributed by atoms with E-state index >= 15 is 0 Å². The first-order chi connectivity index (χ1) is 13.6. The number of likely N-dealkylation sites (tertiary alicyclic amines) is 1. The lowest BCUT2D eigenvalue weighted by Crippen LogP contribution is -2.42. The zero-order chi connectivity index (χ0) is 19.8. The molecular weight excluding hydrogens is 357 g/mol. The molecule has 0 unspecified atom stereocenters. The zero-order valence-electron chi connectivity index (χ0n) is 15.9. The first kappa shape index (κ1) is 20.0. The van der Waals surface area contributed by atoms with Crippen LogP contribution in [0.1, 0.15) is 18.4 Å². The predicted molar refractivity (Wildman–Crippen MR) is 107 cm³/mol. The van der Waals surface area contributed by atoms with Gasteiger partial charge in [0.05, 0.1) is 0 Å². The van der Waals surface area contributed by atoms with Crippen LogP contribution in [0.4, 0.5) is 10.1 Å². The second kappa shape index (κ2) is 9.99. The van der Waals surface area contributed by atoms with E-state index in [4.69, 9.17) is 0 Å². The van der Waals surface area contributed by atoms with Gasteiger partial charge in [-0.25, -0.2) is 4.39 Å². The van der Waals surface area contributed by atoms with Crippen LogP contribution in [0.5, 0.6) is 0 Å². The maximum atomic E-state index is 12.9. The van der Waals surface area contributed by atoms with E-state index in [1.165, 1.54) is 29.8 Å². The van der Waals surface area contributed by atoms with E-state index < -0.39 is 17.6 Å². The first-order valence-corrected chi connectivity index (χ1v) is 9.71. The van der Waals surface area contributed by atoms with Crippen LogP contribution in [0.3, 0.4) is 0 Å². The fraction of sp³-hybridized carbons (Fsp3) is 0.364. The third-order valence-electron chi connectivity index (χ3n) is 5.13. The van der Waals surface area contributed by atoms with Gasteiger partial charge < -0.3 is 15.5 Å². The summed E-state index contributed by atoms with van der Waals surface area (Å²) in [5.41, 5.74) is 1.75. The van der Waals surface area contributed by atoms with Gasteiger partial charge in [0.15, 0.2) is 0 Å². The lowest BCUT2D eigenvalue weighted by atomic mass is 9.96. The van der Waals surface area contributed by atoms with Gasteiger partial charge in [0.2, 0.25) is 0 Å². The van der Waals surface area contributed by atoms with Gasteiger partial charge >= 0.3 is 11.8 Å². The molecule has 1 fully saturated rings. The number of anilines is 1. The number of hydrogen-bond acceptors (Lipinski definition) is 3.